The highest BCUT2D eigenvalue weighted by molar-refractivity contribution is 5.83. The molecule has 1 amide bonds. The molecule has 132 valence electrons. The number of rotatable bonds is 6. The third kappa shape index (κ3) is 4.13. The Morgan fingerprint density at radius 1 is 1.28 bits per heavy atom. The van der Waals surface area contributed by atoms with Gasteiger partial charge in [0.2, 0.25) is 5.91 Å². The number of hydrogen-bond donors (Lipinski definition) is 1. The Balaban J connectivity index is 1.70. The fraction of sp³-hybridized carbons (Fsp3) is 0.474. The molecular weight excluding hydrogens is 314 g/mol. The first-order valence-electron chi connectivity index (χ1n) is 8.87. The van der Waals surface area contributed by atoms with Gasteiger partial charge in [-0.05, 0) is 44.2 Å². The van der Waals surface area contributed by atoms with Crippen LogP contribution in [-0.4, -0.2) is 41.0 Å². The molecule has 1 atom stereocenters. The molecule has 1 fully saturated rings. The van der Waals surface area contributed by atoms with Crippen molar-refractivity contribution in [1.82, 2.24) is 20.3 Å². The maximum absolute atomic E-state index is 12.7. The molecule has 0 spiro atoms. The Labute approximate surface area is 148 Å². The molecule has 6 nitrogen and oxygen atoms in total. The first-order valence-corrected chi connectivity index (χ1v) is 8.87. The summed E-state index contributed by atoms with van der Waals surface area (Å²) in [5.41, 5.74) is 0.610. The van der Waals surface area contributed by atoms with Crippen LogP contribution in [0.5, 0.6) is 0 Å². The van der Waals surface area contributed by atoms with E-state index in [9.17, 15) is 4.79 Å². The number of anilines is 1. The Hall–Kier alpha value is -2.50. The summed E-state index contributed by atoms with van der Waals surface area (Å²) in [6, 6.07) is 5.92. The van der Waals surface area contributed by atoms with Gasteiger partial charge in [0.05, 0.1) is 11.1 Å². The summed E-state index contributed by atoms with van der Waals surface area (Å²) in [6.07, 6.45) is 11.5. The van der Waals surface area contributed by atoms with Gasteiger partial charge in [-0.25, -0.2) is 4.98 Å². The minimum Gasteiger partial charge on any atom is -0.359 e. The number of aryl methyl sites for hydroxylation is 1. The molecule has 1 N–H and O–H groups in total. The van der Waals surface area contributed by atoms with Gasteiger partial charge in [-0.1, -0.05) is 6.07 Å². The zero-order valence-electron chi connectivity index (χ0n) is 14.7. The van der Waals surface area contributed by atoms with E-state index in [1.54, 1.807) is 31.8 Å². The maximum atomic E-state index is 12.7. The van der Waals surface area contributed by atoms with Crippen molar-refractivity contribution in [3.8, 4) is 0 Å². The molecule has 0 unspecified atom stereocenters. The lowest BCUT2D eigenvalue weighted by molar-refractivity contribution is -0.131. The summed E-state index contributed by atoms with van der Waals surface area (Å²) < 4.78 is 0. The summed E-state index contributed by atoms with van der Waals surface area (Å²) in [6.45, 7) is 1.66. The highest BCUT2D eigenvalue weighted by atomic mass is 16.2. The molecule has 3 heterocycles. The summed E-state index contributed by atoms with van der Waals surface area (Å²) >= 11 is 0. The van der Waals surface area contributed by atoms with Crippen LogP contribution in [-0.2, 0) is 11.2 Å². The van der Waals surface area contributed by atoms with E-state index >= 15 is 0 Å². The SMILES string of the molecule is CNC(=O)[C@]1(CCCc2cnccn2)CCCN(c2ccccn2)C1. The fourth-order valence-electron chi connectivity index (χ4n) is 3.70. The zero-order valence-corrected chi connectivity index (χ0v) is 14.7. The van der Waals surface area contributed by atoms with Gasteiger partial charge in [0.15, 0.2) is 0 Å². The van der Waals surface area contributed by atoms with Crippen LogP contribution in [0, 0.1) is 5.41 Å². The summed E-state index contributed by atoms with van der Waals surface area (Å²) in [4.78, 5) is 27.9. The molecule has 1 aliphatic heterocycles. The highest BCUT2D eigenvalue weighted by Crippen LogP contribution is 2.36. The van der Waals surface area contributed by atoms with Crippen LogP contribution < -0.4 is 10.2 Å². The van der Waals surface area contributed by atoms with Gasteiger partial charge in [-0.3, -0.25) is 14.8 Å². The zero-order chi connectivity index (χ0) is 17.5. The van der Waals surface area contributed by atoms with Gasteiger partial charge in [0, 0.05) is 44.9 Å². The van der Waals surface area contributed by atoms with Crippen molar-refractivity contribution < 1.29 is 4.79 Å². The van der Waals surface area contributed by atoms with Gasteiger partial charge in [-0.2, -0.15) is 0 Å². The highest BCUT2D eigenvalue weighted by Gasteiger charge is 2.41. The molecule has 0 radical (unpaired) electrons. The van der Waals surface area contributed by atoms with Crippen molar-refractivity contribution in [2.45, 2.75) is 32.1 Å². The van der Waals surface area contributed by atoms with E-state index in [2.05, 4.69) is 25.2 Å². The quantitative estimate of drug-likeness (QED) is 0.874. The Morgan fingerprint density at radius 3 is 2.92 bits per heavy atom. The van der Waals surface area contributed by atoms with Gasteiger partial charge in [0.25, 0.3) is 0 Å². The van der Waals surface area contributed by atoms with Gasteiger partial charge in [-0.15, -0.1) is 0 Å². The normalized spacial score (nSPS) is 20.3. The molecule has 1 saturated heterocycles. The fourth-order valence-corrected chi connectivity index (χ4v) is 3.70. The molecule has 2 aromatic heterocycles. The number of nitrogens with zero attached hydrogens (tertiary/aromatic N) is 4. The van der Waals surface area contributed by atoms with Crippen molar-refractivity contribution in [3.05, 3.63) is 48.7 Å². The predicted molar refractivity (Wildman–Crippen MR) is 97.2 cm³/mol. The van der Waals surface area contributed by atoms with Crippen molar-refractivity contribution in [2.24, 2.45) is 5.41 Å². The first-order chi connectivity index (χ1) is 12.2. The molecule has 0 aliphatic carbocycles. The number of aromatic nitrogens is 3. The van der Waals surface area contributed by atoms with E-state index < -0.39 is 0 Å². The molecule has 25 heavy (non-hydrogen) atoms. The Morgan fingerprint density at radius 2 is 2.20 bits per heavy atom. The monoisotopic (exact) mass is 339 g/mol. The second-order valence-electron chi connectivity index (χ2n) is 6.62. The lowest BCUT2D eigenvalue weighted by Gasteiger charge is -2.42. The first kappa shape index (κ1) is 17.3. The molecular formula is C19H25N5O. The van der Waals surface area contributed by atoms with E-state index in [0.717, 1.165) is 50.2 Å². The Bertz CT molecular complexity index is 679. The molecule has 3 rings (SSSR count). The second kappa shape index (κ2) is 8.05. The summed E-state index contributed by atoms with van der Waals surface area (Å²) in [5.74, 6) is 1.08. The smallest absolute Gasteiger partial charge is 0.227 e. The predicted octanol–water partition coefficient (Wildman–Crippen LogP) is 2.23. The maximum Gasteiger partial charge on any atom is 0.227 e. The van der Waals surface area contributed by atoms with Crippen molar-refractivity contribution in [2.75, 3.05) is 25.0 Å². The van der Waals surface area contributed by atoms with Crippen LogP contribution in [0.2, 0.25) is 0 Å². The van der Waals surface area contributed by atoms with Crippen molar-refractivity contribution >= 4 is 11.7 Å². The third-order valence-electron chi connectivity index (χ3n) is 4.96. The summed E-state index contributed by atoms with van der Waals surface area (Å²) in [5, 5.41) is 2.88. The van der Waals surface area contributed by atoms with E-state index in [4.69, 9.17) is 0 Å². The van der Waals surface area contributed by atoms with Gasteiger partial charge < -0.3 is 10.2 Å². The van der Waals surface area contributed by atoms with Crippen molar-refractivity contribution in [3.63, 3.8) is 0 Å². The van der Waals surface area contributed by atoms with Crippen LogP contribution in [0.15, 0.2) is 43.0 Å². The van der Waals surface area contributed by atoms with Gasteiger partial charge in [0.1, 0.15) is 5.82 Å². The number of piperidine rings is 1. The van der Waals surface area contributed by atoms with Crippen LogP contribution in [0.3, 0.4) is 0 Å². The molecule has 0 aromatic carbocycles. The topological polar surface area (TPSA) is 71.0 Å². The number of hydrogen-bond acceptors (Lipinski definition) is 5. The molecule has 6 heteroatoms. The summed E-state index contributed by atoms with van der Waals surface area (Å²) in [7, 11) is 1.73. The average molecular weight is 339 g/mol. The van der Waals surface area contributed by atoms with Gasteiger partial charge >= 0.3 is 0 Å². The lowest BCUT2D eigenvalue weighted by Crippen LogP contribution is -2.51. The van der Waals surface area contributed by atoms with E-state index in [1.165, 1.54) is 0 Å². The van der Waals surface area contributed by atoms with Crippen LogP contribution in [0.1, 0.15) is 31.4 Å². The number of amides is 1. The van der Waals surface area contributed by atoms with Crippen LogP contribution >= 0.6 is 0 Å². The number of carbonyl (C=O) groups excluding carboxylic acids is 1. The number of pyridine rings is 1. The number of nitrogens with one attached hydrogen (secondary N) is 1. The second-order valence-corrected chi connectivity index (χ2v) is 6.62. The van der Waals surface area contributed by atoms with E-state index in [0.29, 0.717) is 6.54 Å². The van der Waals surface area contributed by atoms with E-state index in [-0.39, 0.29) is 11.3 Å². The average Bonchev–Trinajstić information content (AvgIpc) is 2.69. The third-order valence-corrected chi connectivity index (χ3v) is 4.96. The van der Waals surface area contributed by atoms with Crippen molar-refractivity contribution in [1.29, 1.82) is 0 Å². The van der Waals surface area contributed by atoms with Crippen LogP contribution in [0.4, 0.5) is 5.82 Å². The molecule has 1 aliphatic rings. The molecule has 2 aromatic rings. The Kier molecular flexibility index (Phi) is 5.58. The number of carbonyl (C=O) groups is 1. The largest absolute Gasteiger partial charge is 0.359 e. The van der Waals surface area contributed by atoms with Crippen LogP contribution in [0.25, 0.3) is 0 Å². The molecule has 0 saturated carbocycles. The minimum absolute atomic E-state index is 0.132. The molecule has 0 bridgehead atoms. The minimum atomic E-state index is -0.368. The van der Waals surface area contributed by atoms with E-state index in [1.807, 2.05) is 18.2 Å². The standard InChI is InChI=1S/C19H25N5O/c1-20-18(25)19(8-4-6-16-14-21-11-12-22-16)9-5-13-24(15-19)17-7-2-3-10-23-17/h2-3,7,10-12,14H,4-6,8-9,13,15H2,1H3,(H,20,25)/t19-/m1/s1. The lowest BCUT2D eigenvalue weighted by atomic mass is 9.75.